The van der Waals surface area contributed by atoms with Crippen LogP contribution in [-0.2, 0) is 16.4 Å². The summed E-state index contributed by atoms with van der Waals surface area (Å²) < 4.78 is 27.1. The molecule has 0 aliphatic carbocycles. The Morgan fingerprint density at radius 1 is 1.04 bits per heavy atom. The van der Waals surface area contributed by atoms with Crippen molar-refractivity contribution in [2.75, 3.05) is 18.4 Å². The van der Waals surface area contributed by atoms with E-state index in [1.807, 2.05) is 31.2 Å². The number of hydrogen-bond acceptors (Lipinski definition) is 3. The second-order valence-electron chi connectivity index (χ2n) is 6.03. The highest BCUT2D eigenvalue weighted by Gasteiger charge is 2.24. The van der Waals surface area contributed by atoms with Crippen LogP contribution in [0.1, 0.15) is 42.3 Å². The van der Waals surface area contributed by atoms with Crippen molar-refractivity contribution in [3.8, 4) is 0 Å². The lowest BCUT2D eigenvalue weighted by molar-refractivity contribution is 0.102. The molecule has 1 N–H and O–H groups in total. The minimum absolute atomic E-state index is 0.178. The lowest BCUT2D eigenvalue weighted by atomic mass is 10.1. The zero-order valence-corrected chi connectivity index (χ0v) is 16.6. The van der Waals surface area contributed by atoms with Crippen LogP contribution in [0.3, 0.4) is 0 Å². The van der Waals surface area contributed by atoms with Crippen molar-refractivity contribution in [1.29, 1.82) is 0 Å². The standard InChI is InChI=1S/C20H26N2O3S/c1-5-16-10-8-9-11-18(16)21-20(23)17-13-12-15(4)19(14-17)26(24,25)22(6-2)7-3/h8-14H,5-7H2,1-4H3,(H,21,23). The molecule has 140 valence electrons. The van der Waals surface area contributed by atoms with Crippen LogP contribution in [0.15, 0.2) is 47.4 Å². The zero-order chi connectivity index (χ0) is 19.3. The normalized spacial score (nSPS) is 11.6. The lowest BCUT2D eigenvalue weighted by Gasteiger charge is -2.20. The molecule has 2 aromatic rings. The Morgan fingerprint density at radius 2 is 1.69 bits per heavy atom. The maximum atomic E-state index is 12.8. The van der Waals surface area contributed by atoms with E-state index in [0.29, 0.717) is 24.2 Å². The van der Waals surface area contributed by atoms with Gasteiger partial charge in [-0.05, 0) is 42.7 Å². The van der Waals surface area contributed by atoms with Gasteiger partial charge < -0.3 is 5.32 Å². The van der Waals surface area contributed by atoms with E-state index in [0.717, 1.165) is 17.7 Å². The molecule has 0 unspecified atom stereocenters. The highest BCUT2D eigenvalue weighted by atomic mass is 32.2. The van der Waals surface area contributed by atoms with Gasteiger partial charge in [-0.25, -0.2) is 8.42 Å². The Labute approximate surface area is 156 Å². The fourth-order valence-corrected chi connectivity index (χ4v) is 4.58. The van der Waals surface area contributed by atoms with Crippen LogP contribution in [0.5, 0.6) is 0 Å². The van der Waals surface area contributed by atoms with Crippen molar-refractivity contribution in [2.24, 2.45) is 0 Å². The average molecular weight is 375 g/mol. The summed E-state index contributed by atoms with van der Waals surface area (Å²) in [6, 6.07) is 12.4. The van der Waals surface area contributed by atoms with E-state index < -0.39 is 10.0 Å². The average Bonchev–Trinajstić information content (AvgIpc) is 2.63. The molecule has 0 fully saturated rings. The van der Waals surface area contributed by atoms with Gasteiger partial charge >= 0.3 is 0 Å². The summed E-state index contributed by atoms with van der Waals surface area (Å²) in [5.74, 6) is -0.318. The maximum Gasteiger partial charge on any atom is 0.255 e. The highest BCUT2D eigenvalue weighted by Crippen LogP contribution is 2.23. The molecule has 0 bridgehead atoms. The molecule has 2 aromatic carbocycles. The topological polar surface area (TPSA) is 66.5 Å². The van der Waals surface area contributed by atoms with Gasteiger partial charge in [0, 0.05) is 24.3 Å². The number of hydrogen-bond donors (Lipinski definition) is 1. The third kappa shape index (κ3) is 4.14. The maximum absolute atomic E-state index is 12.8. The third-order valence-electron chi connectivity index (χ3n) is 4.42. The minimum atomic E-state index is -3.62. The SMILES string of the molecule is CCc1ccccc1NC(=O)c1ccc(C)c(S(=O)(=O)N(CC)CC)c1. The van der Waals surface area contributed by atoms with Crippen molar-refractivity contribution < 1.29 is 13.2 Å². The van der Waals surface area contributed by atoms with Crippen molar-refractivity contribution in [2.45, 2.75) is 39.0 Å². The number of carbonyl (C=O) groups excluding carboxylic acids is 1. The zero-order valence-electron chi connectivity index (χ0n) is 15.7. The number of anilines is 1. The fourth-order valence-electron chi connectivity index (χ4n) is 2.87. The largest absolute Gasteiger partial charge is 0.322 e. The van der Waals surface area contributed by atoms with Gasteiger partial charge in [-0.15, -0.1) is 0 Å². The first-order valence-corrected chi connectivity index (χ1v) is 10.3. The summed E-state index contributed by atoms with van der Waals surface area (Å²) >= 11 is 0. The van der Waals surface area contributed by atoms with Crippen molar-refractivity contribution >= 4 is 21.6 Å². The third-order valence-corrected chi connectivity index (χ3v) is 6.61. The Hall–Kier alpha value is -2.18. The van der Waals surface area contributed by atoms with Crippen LogP contribution >= 0.6 is 0 Å². The number of amides is 1. The number of para-hydroxylation sites is 1. The van der Waals surface area contributed by atoms with Crippen LogP contribution in [0.25, 0.3) is 0 Å². The van der Waals surface area contributed by atoms with E-state index in [1.54, 1.807) is 32.9 Å². The number of sulfonamides is 1. The summed E-state index contributed by atoms with van der Waals surface area (Å²) in [5, 5.41) is 2.89. The Balaban J connectivity index is 2.39. The molecule has 0 radical (unpaired) electrons. The van der Waals surface area contributed by atoms with Gasteiger partial charge in [0.2, 0.25) is 10.0 Å². The van der Waals surface area contributed by atoms with Gasteiger partial charge in [0.15, 0.2) is 0 Å². The molecule has 5 nitrogen and oxygen atoms in total. The molecule has 0 saturated carbocycles. The first-order chi connectivity index (χ1) is 12.3. The molecule has 26 heavy (non-hydrogen) atoms. The van der Waals surface area contributed by atoms with Crippen LogP contribution in [-0.4, -0.2) is 31.7 Å². The lowest BCUT2D eigenvalue weighted by Crippen LogP contribution is -2.31. The second kappa shape index (κ2) is 8.47. The number of carbonyl (C=O) groups is 1. The molecule has 0 spiro atoms. The summed E-state index contributed by atoms with van der Waals surface area (Å²) in [4.78, 5) is 12.8. The monoisotopic (exact) mass is 374 g/mol. The number of rotatable bonds is 7. The van der Waals surface area contributed by atoms with Crippen molar-refractivity contribution in [3.05, 3.63) is 59.2 Å². The van der Waals surface area contributed by atoms with Crippen LogP contribution < -0.4 is 5.32 Å². The number of benzene rings is 2. The molecular weight excluding hydrogens is 348 g/mol. The quantitative estimate of drug-likeness (QED) is 0.801. The summed E-state index contributed by atoms with van der Waals surface area (Å²) in [7, 11) is -3.62. The smallest absolute Gasteiger partial charge is 0.255 e. The van der Waals surface area contributed by atoms with E-state index in [-0.39, 0.29) is 10.8 Å². The molecular formula is C20H26N2O3S. The number of nitrogens with zero attached hydrogens (tertiary/aromatic N) is 1. The summed E-state index contributed by atoms with van der Waals surface area (Å²) in [6.45, 7) is 8.14. The highest BCUT2D eigenvalue weighted by molar-refractivity contribution is 7.89. The fraction of sp³-hybridized carbons (Fsp3) is 0.350. The van der Waals surface area contributed by atoms with Crippen LogP contribution in [0.4, 0.5) is 5.69 Å². The van der Waals surface area contributed by atoms with Crippen LogP contribution in [0.2, 0.25) is 0 Å². The van der Waals surface area contributed by atoms with Crippen LogP contribution in [0, 0.1) is 6.92 Å². The molecule has 1 amide bonds. The summed E-state index contributed by atoms with van der Waals surface area (Å²) in [6.07, 6.45) is 0.798. The van der Waals surface area contributed by atoms with Crippen molar-refractivity contribution in [3.63, 3.8) is 0 Å². The molecule has 6 heteroatoms. The minimum Gasteiger partial charge on any atom is -0.322 e. The van der Waals surface area contributed by atoms with Gasteiger partial charge in [0.25, 0.3) is 5.91 Å². The molecule has 2 rings (SSSR count). The van der Waals surface area contributed by atoms with Crippen molar-refractivity contribution in [1.82, 2.24) is 4.31 Å². The summed E-state index contributed by atoms with van der Waals surface area (Å²) in [5.41, 5.74) is 2.73. The van der Waals surface area contributed by atoms with Gasteiger partial charge in [-0.2, -0.15) is 4.31 Å². The molecule has 0 atom stereocenters. The first kappa shape index (κ1) is 20.1. The Bertz CT molecular complexity index is 888. The predicted octanol–water partition coefficient (Wildman–Crippen LogP) is 3.84. The van der Waals surface area contributed by atoms with E-state index in [1.165, 1.54) is 10.4 Å². The number of aryl methyl sites for hydroxylation is 2. The predicted molar refractivity (Wildman–Crippen MR) is 105 cm³/mol. The van der Waals surface area contributed by atoms with Gasteiger partial charge in [-0.3, -0.25) is 4.79 Å². The van der Waals surface area contributed by atoms with Gasteiger partial charge in [0.1, 0.15) is 0 Å². The first-order valence-electron chi connectivity index (χ1n) is 8.85. The van der Waals surface area contributed by atoms with E-state index >= 15 is 0 Å². The van der Waals surface area contributed by atoms with Gasteiger partial charge in [-0.1, -0.05) is 45.0 Å². The molecule has 0 saturated heterocycles. The molecule has 0 aromatic heterocycles. The van der Waals surface area contributed by atoms with Gasteiger partial charge in [0.05, 0.1) is 4.90 Å². The van der Waals surface area contributed by atoms with E-state index in [2.05, 4.69) is 5.32 Å². The molecule has 0 heterocycles. The molecule has 0 aliphatic rings. The van der Waals surface area contributed by atoms with E-state index in [9.17, 15) is 13.2 Å². The van der Waals surface area contributed by atoms with E-state index in [4.69, 9.17) is 0 Å². The Kier molecular flexibility index (Phi) is 6.56. The second-order valence-corrected chi connectivity index (χ2v) is 7.94. The Morgan fingerprint density at radius 3 is 2.31 bits per heavy atom. The molecule has 0 aliphatic heterocycles. The number of nitrogens with one attached hydrogen (secondary N) is 1.